The predicted molar refractivity (Wildman–Crippen MR) is 112 cm³/mol. The summed E-state index contributed by atoms with van der Waals surface area (Å²) in [6.07, 6.45) is 7.66. The van der Waals surface area contributed by atoms with Gasteiger partial charge in [0.25, 0.3) is 0 Å². The van der Waals surface area contributed by atoms with Crippen LogP contribution in [0.5, 0.6) is 0 Å². The second-order valence-corrected chi connectivity index (χ2v) is 4.65. The molecular formula is C21H34O8. The zero-order valence-electron chi connectivity index (χ0n) is 17.7. The molecule has 29 heavy (non-hydrogen) atoms. The molecule has 166 valence electrons. The van der Waals surface area contributed by atoms with Gasteiger partial charge in [-0.3, -0.25) is 0 Å². The van der Waals surface area contributed by atoms with Gasteiger partial charge in [0.2, 0.25) is 0 Å². The summed E-state index contributed by atoms with van der Waals surface area (Å²) in [5, 5.41) is 8.14. The van der Waals surface area contributed by atoms with Gasteiger partial charge in [-0.1, -0.05) is 39.8 Å². The lowest BCUT2D eigenvalue weighted by Gasteiger charge is -1.97. The number of ether oxygens (including phenoxy) is 3. The maximum atomic E-state index is 10.6. The molecule has 0 radical (unpaired) electrons. The largest absolute Gasteiger partial charge is 0.478 e. The van der Waals surface area contributed by atoms with Crippen molar-refractivity contribution >= 4 is 23.9 Å². The van der Waals surface area contributed by atoms with Gasteiger partial charge < -0.3 is 19.3 Å². The van der Waals surface area contributed by atoms with Crippen molar-refractivity contribution in [1.82, 2.24) is 0 Å². The first-order valence-corrected chi connectivity index (χ1v) is 8.86. The van der Waals surface area contributed by atoms with Gasteiger partial charge in [-0.2, -0.15) is 0 Å². The molecule has 0 aliphatic rings. The Morgan fingerprint density at radius 1 is 0.793 bits per heavy atom. The third-order valence-corrected chi connectivity index (χ3v) is 2.38. The molecule has 0 heterocycles. The smallest absolute Gasteiger partial charge is 0.331 e. The number of carbonyl (C=O) groups is 4. The van der Waals surface area contributed by atoms with Crippen LogP contribution in [0.1, 0.15) is 39.5 Å². The maximum absolute atomic E-state index is 10.6. The molecule has 0 bridgehead atoms. The minimum absolute atomic E-state index is 0.330. The number of methoxy groups -OCH3 is 1. The molecule has 0 aliphatic heterocycles. The highest BCUT2D eigenvalue weighted by atomic mass is 16.5. The molecule has 1 N–H and O–H groups in total. The first-order chi connectivity index (χ1) is 13.8. The van der Waals surface area contributed by atoms with E-state index in [0.717, 1.165) is 43.9 Å². The van der Waals surface area contributed by atoms with Gasteiger partial charge in [-0.25, -0.2) is 19.2 Å². The first-order valence-electron chi connectivity index (χ1n) is 8.86. The summed E-state index contributed by atoms with van der Waals surface area (Å²) in [5.41, 5.74) is 0. The van der Waals surface area contributed by atoms with Gasteiger partial charge in [0.15, 0.2) is 0 Å². The number of carboxylic acids is 1. The summed E-state index contributed by atoms with van der Waals surface area (Å²) >= 11 is 0. The Morgan fingerprint density at radius 2 is 1.21 bits per heavy atom. The Hall–Kier alpha value is -3.16. The second kappa shape index (κ2) is 29.6. The minimum atomic E-state index is -1.15. The standard InChI is InChI=1S/C8H12O4.C7H12O2.C4H6O2.C2H4/c1-2-3-6-12-8(11)5-4-7(9)10;1-3-5-6-9-7(8)4-2;1-3-4(5)6-2;1-2/h4-5H,2-3,6H2,1H3,(H,9,10);4H,2-3,5-6H2,1H3;3H,1H2,2H3;1-2H2/b5-4-;;;. The van der Waals surface area contributed by atoms with Crippen LogP contribution in [0.4, 0.5) is 0 Å². The van der Waals surface area contributed by atoms with Crippen LogP contribution in [0.25, 0.3) is 0 Å². The van der Waals surface area contributed by atoms with Crippen LogP contribution in [0.3, 0.4) is 0 Å². The molecule has 0 unspecified atom stereocenters. The summed E-state index contributed by atoms with van der Waals surface area (Å²) in [6, 6.07) is 0. The second-order valence-electron chi connectivity index (χ2n) is 4.65. The molecule has 0 aromatic rings. The summed E-state index contributed by atoms with van der Waals surface area (Å²) in [5.74, 6) is -2.48. The quantitative estimate of drug-likeness (QED) is 0.189. The lowest BCUT2D eigenvalue weighted by atomic mass is 10.4. The molecule has 0 saturated carbocycles. The third-order valence-electron chi connectivity index (χ3n) is 2.38. The fourth-order valence-electron chi connectivity index (χ4n) is 0.964. The predicted octanol–water partition coefficient (Wildman–Crippen LogP) is 3.63. The van der Waals surface area contributed by atoms with E-state index in [1.807, 2.05) is 13.8 Å². The van der Waals surface area contributed by atoms with E-state index < -0.39 is 17.9 Å². The van der Waals surface area contributed by atoms with Gasteiger partial charge in [0, 0.05) is 24.3 Å². The molecule has 8 nitrogen and oxygen atoms in total. The summed E-state index contributed by atoms with van der Waals surface area (Å²) in [7, 11) is 1.31. The first kappa shape index (κ1) is 33.4. The van der Waals surface area contributed by atoms with Crippen LogP contribution in [0, 0.1) is 0 Å². The Morgan fingerprint density at radius 3 is 1.48 bits per heavy atom. The van der Waals surface area contributed by atoms with Gasteiger partial charge in [0.1, 0.15) is 0 Å². The fourth-order valence-corrected chi connectivity index (χ4v) is 0.964. The van der Waals surface area contributed by atoms with Crippen LogP contribution in [0.15, 0.2) is 50.6 Å². The number of hydrogen-bond donors (Lipinski definition) is 1. The molecule has 0 rings (SSSR count). The van der Waals surface area contributed by atoms with Gasteiger partial charge in [-0.15, -0.1) is 13.2 Å². The van der Waals surface area contributed by atoms with Crippen molar-refractivity contribution in [3.8, 4) is 0 Å². The highest BCUT2D eigenvalue weighted by molar-refractivity contribution is 5.90. The van der Waals surface area contributed by atoms with Crippen LogP contribution in [-0.4, -0.2) is 49.3 Å². The molecule has 0 spiro atoms. The number of rotatable bonds is 10. The lowest BCUT2D eigenvalue weighted by molar-refractivity contribution is -0.139. The van der Waals surface area contributed by atoms with Crippen LogP contribution in [-0.2, 0) is 33.4 Å². The maximum Gasteiger partial charge on any atom is 0.331 e. The number of aliphatic carboxylic acids is 1. The zero-order chi connectivity index (χ0) is 23.5. The van der Waals surface area contributed by atoms with Crippen molar-refractivity contribution in [2.24, 2.45) is 0 Å². The van der Waals surface area contributed by atoms with E-state index in [0.29, 0.717) is 13.2 Å². The monoisotopic (exact) mass is 414 g/mol. The Kier molecular flexibility index (Phi) is 34.1. The van der Waals surface area contributed by atoms with Crippen molar-refractivity contribution in [2.75, 3.05) is 20.3 Å². The normalized spacial score (nSPS) is 8.38. The average molecular weight is 414 g/mol. The van der Waals surface area contributed by atoms with E-state index in [1.54, 1.807) is 0 Å². The minimum Gasteiger partial charge on any atom is -0.478 e. The van der Waals surface area contributed by atoms with Gasteiger partial charge in [-0.05, 0) is 12.8 Å². The Bertz CT molecular complexity index is 495. The van der Waals surface area contributed by atoms with Crippen LogP contribution >= 0.6 is 0 Å². The van der Waals surface area contributed by atoms with E-state index in [4.69, 9.17) is 5.11 Å². The summed E-state index contributed by atoms with van der Waals surface area (Å²) in [4.78, 5) is 40.8. The lowest BCUT2D eigenvalue weighted by Crippen LogP contribution is -2.02. The molecule has 8 heteroatoms. The average Bonchev–Trinajstić information content (AvgIpc) is 2.74. The topological polar surface area (TPSA) is 116 Å². The fraction of sp³-hybridized carbons (Fsp3) is 0.429. The molecule has 0 aromatic carbocycles. The van der Waals surface area contributed by atoms with E-state index in [9.17, 15) is 19.2 Å². The van der Waals surface area contributed by atoms with E-state index >= 15 is 0 Å². The van der Waals surface area contributed by atoms with Crippen molar-refractivity contribution in [3.63, 3.8) is 0 Å². The molecule has 0 amide bonds. The number of hydrogen-bond acceptors (Lipinski definition) is 7. The molecule has 0 aromatic heterocycles. The van der Waals surface area contributed by atoms with Crippen molar-refractivity contribution in [1.29, 1.82) is 0 Å². The highest BCUT2D eigenvalue weighted by Gasteiger charge is 1.96. The Labute approximate surface area is 173 Å². The summed E-state index contributed by atoms with van der Waals surface area (Å²) < 4.78 is 13.5. The molecule has 0 atom stereocenters. The van der Waals surface area contributed by atoms with E-state index in [-0.39, 0.29) is 5.97 Å². The van der Waals surface area contributed by atoms with Crippen LogP contribution < -0.4 is 0 Å². The zero-order valence-corrected chi connectivity index (χ0v) is 17.7. The van der Waals surface area contributed by atoms with Crippen molar-refractivity contribution in [3.05, 3.63) is 50.6 Å². The number of esters is 3. The number of carbonyl (C=O) groups excluding carboxylic acids is 3. The molecule has 0 fully saturated rings. The van der Waals surface area contributed by atoms with Crippen molar-refractivity contribution in [2.45, 2.75) is 39.5 Å². The number of carboxylic acid groups (broad SMARTS) is 1. The van der Waals surface area contributed by atoms with Gasteiger partial charge in [0.05, 0.1) is 20.3 Å². The summed E-state index contributed by atoms with van der Waals surface area (Å²) in [6.45, 7) is 17.3. The van der Waals surface area contributed by atoms with E-state index in [1.165, 1.54) is 13.2 Å². The molecule has 0 aliphatic carbocycles. The van der Waals surface area contributed by atoms with Crippen molar-refractivity contribution < 1.29 is 38.5 Å². The van der Waals surface area contributed by atoms with E-state index in [2.05, 4.69) is 40.5 Å². The Balaban J connectivity index is -0.000000163. The molecular weight excluding hydrogens is 380 g/mol. The number of unbranched alkanes of at least 4 members (excludes halogenated alkanes) is 2. The van der Waals surface area contributed by atoms with Gasteiger partial charge >= 0.3 is 23.9 Å². The van der Waals surface area contributed by atoms with Crippen LogP contribution in [0.2, 0.25) is 0 Å². The SMILES string of the molecule is C=C.C=CC(=O)OC.C=CC(=O)OCCCC.CCCCOC(=O)/C=C\C(=O)O. The molecule has 0 saturated heterocycles. The highest BCUT2D eigenvalue weighted by Crippen LogP contribution is 1.89. The third kappa shape index (κ3) is 40.7.